The molecule has 2 N–H and O–H groups in total. The van der Waals surface area contributed by atoms with E-state index in [2.05, 4.69) is 10.6 Å². The van der Waals surface area contributed by atoms with E-state index < -0.39 is 6.04 Å². The molecule has 2 amide bonds. The molecule has 122 valence electrons. The van der Waals surface area contributed by atoms with Crippen molar-refractivity contribution in [3.05, 3.63) is 24.3 Å². The van der Waals surface area contributed by atoms with Gasteiger partial charge in [0.05, 0.1) is 13.7 Å². The highest BCUT2D eigenvalue weighted by molar-refractivity contribution is 5.86. The first kappa shape index (κ1) is 17.8. The number of carbonyl (C=O) groups excluding carboxylic acids is 2. The van der Waals surface area contributed by atoms with Crippen molar-refractivity contribution in [2.75, 3.05) is 20.3 Å². The second-order valence-electron chi connectivity index (χ2n) is 5.24. The maximum atomic E-state index is 12.0. The van der Waals surface area contributed by atoms with Gasteiger partial charge in [0, 0.05) is 6.92 Å². The van der Waals surface area contributed by atoms with Gasteiger partial charge in [-0.15, -0.1) is 0 Å². The molecule has 6 nitrogen and oxygen atoms in total. The van der Waals surface area contributed by atoms with E-state index in [9.17, 15) is 9.59 Å². The van der Waals surface area contributed by atoms with Gasteiger partial charge in [-0.1, -0.05) is 13.8 Å². The van der Waals surface area contributed by atoms with E-state index >= 15 is 0 Å². The van der Waals surface area contributed by atoms with Crippen LogP contribution in [0.3, 0.4) is 0 Å². The average Bonchev–Trinajstić information content (AvgIpc) is 2.49. The summed E-state index contributed by atoms with van der Waals surface area (Å²) < 4.78 is 10.6. The van der Waals surface area contributed by atoms with E-state index in [-0.39, 0.29) is 17.7 Å². The lowest BCUT2D eigenvalue weighted by Crippen LogP contribution is -2.49. The Balaban J connectivity index is 2.35. The van der Waals surface area contributed by atoms with Crippen LogP contribution in [0.5, 0.6) is 11.5 Å². The van der Waals surface area contributed by atoms with Crippen molar-refractivity contribution in [1.82, 2.24) is 10.6 Å². The molecule has 1 aromatic carbocycles. The number of carbonyl (C=O) groups is 2. The zero-order valence-electron chi connectivity index (χ0n) is 13.5. The van der Waals surface area contributed by atoms with Gasteiger partial charge in [-0.2, -0.15) is 0 Å². The predicted molar refractivity (Wildman–Crippen MR) is 83.9 cm³/mol. The van der Waals surface area contributed by atoms with E-state index in [4.69, 9.17) is 9.47 Å². The molecular formula is C16H24N2O4. The molecule has 0 fully saturated rings. The Kier molecular flexibility index (Phi) is 7.22. The molecule has 0 radical (unpaired) electrons. The van der Waals surface area contributed by atoms with Crippen LogP contribution in [-0.4, -0.2) is 38.1 Å². The molecule has 0 aliphatic carbocycles. The van der Waals surface area contributed by atoms with Gasteiger partial charge in [0.15, 0.2) is 0 Å². The zero-order valence-corrected chi connectivity index (χ0v) is 13.5. The lowest BCUT2D eigenvalue weighted by Gasteiger charge is -2.20. The Labute approximate surface area is 131 Å². The third-order valence-electron chi connectivity index (χ3n) is 3.04. The summed E-state index contributed by atoms with van der Waals surface area (Å²) in [5.74, 6) is 1.06. The van der Waals surface area contributed by atoms with Crippen molar-refractivity contribution >= 4 is 11.8 Å². The molecule has 1 rings (SSSR count). The Hall–Kier alpha value is -2.24. The van der Waals surface area contributed by atoms with Crippen LogP contribution in [0.2, 0.25) is 0 Å². The summed E-state index contributed by atoms with van der Waals surface area (Å²) in [5.41, 5.74) is 0. The number of ether oxygens (including phenoxy) is 2. The number of methoxy groups -OCH3 is 1. The monoisotopic (exact) mass is 308 g/mol. The molecule has 22 heavy (non-hydrogen) atoms. The van der Waals surface area contributed by atoms with Crippen molar-refractivity contribution in [2.45, 2.75) is 26.8 Å². The Morgan fingerprint density at radius 3 is 2.23 bits per heavy atom. The zero-order chi connectivity index (χ0) is 16.5. The second kappa shape index (κ2) is 8.92. The minimum atomic E-state index is -0.529. The molecule has 0 aliphatic heterocycles. The van der Waals surface area contributed by atoms with E-state index in [1.807, 2.05) is 13.8 Å². The van der Waals surface area contributed by atoms with Crippen LogP contribution in [0, 0.1) is 5.92 Å². The van der Waals surface area contributed by atoms with Crippen LogP contribution in [0.25, 0.3) is 0 Å². The maximum Gasteiger partial charge on any atom is 0.242 e. The first-order valence-electron chi connectivity index (χ1n) is 7.25. The lowest BCUT2D eigenvalue weighted by molar-refractivity contribution is -0.129. The van der Waals surface area contributed by atoms with Gasteiger partial charge in [0.25, 0.3) is 0 Å². The SMILES string of the molecule is COc1ccc(OCCNC(=O)[C@H](NC(C)=O)C(C)C)cc1. The van der Waals surface area contributed by atoms with Gasteiger partial charge < -0.3 is 20.1 Å². The van der Waals surface area contributed by atoms with E-state index in [0.29, 0.717) is 18.9 Å². The van der Waals surface area contributed by atoms with E-state index in [0.717, 1.165) is 5.75 Å². The van der Waals surface area contributed by atoms with Gasteiger partial charge in [0.1, 0.15) is 24.1 Å². The number of nitrogens with one attached hydrogen (secondary N) is 2. The van der Waals surface area contributed by atoms with Crippen molar-refractivity contribution in [1.29, 1.82) is 0 Å². The van der Waals surface area contributed by atoms with Crippen molar-refractivity contribution in [3.8, 4) is 11.5 Å². The quantitative estimate of drug-likeness (QED) is 0.711. The number of rotatable bonds is 8. The van der Waals surface area contributed by atoms with E-state index in [1.165, 1.54) is 6.92 Å². The third kappa shape index (κ3) is 6.03. The molecule has 0 aromatic heterocycles. The molecule has 0 saturated heterocycles. The van der Waals surface area contributed by atoms with Gasteiger partial charge in [-0.05, 0) is 30.2 Å². The van der Waals surface area contributed by atoms with E-state index in [1.54, 1.807) is 31.4 Å². The summed E-state index contributed by atoms with van der Waals surface area (Å²) in [6.07, 6.45) is 0. The second-order valence-corrected chi connectivity index (χ2v) is 5.24. The Morgan fingerprint density at radius 1 is 1.14 bits per heavy atom. The summed E-state index contributed by atoms with van der Waals surface area (Å²) in [7, 11) is 1.60. The molecular weight excluding hydrogens is 284 g/mol. The normalized spacial score (nSPS) is 11.7. The first-order chi connectivity index (χ1) is 10.4. The highest BCUT2D eigenvalue weighted by Gasteiger charge is 2.22. The van der Waals surface area contributed by atoms with Gasteiger partial charge in [-0.25, -0.2) is 0 Å². The number of amides is 2. The summed E-state index contributed by atoms with van der Waals surface area (Å²) in [4.78, 5) is 23.1. The van der Waals surface area contributed by atoms with Crippen LogP contribution in [-0.2, 0) is 9.59 Å². The molecule has 1 aromatic rings. The maximum absolute atomic E-state index is 12.0. The van der Waals surface area contributed by atoms with Gasteiger partial charge in [-0.3, -0.25) is 9.59 Å². The van der Waals surface area contributed by atoms with Crippen LogP contribution in [0.1, 0.15) is 20.8 Å². The Morgan fingerprint density at radius 2 is 1.73 bits per heavy atom. The van der Waals surface area contributed by atoms with Crippen LogP contribution in [0.15, 0.2) is 24.3 Å². The topological polar surface area (TPSA) is 76.7 Å². The summed E-state index contributed by atoms with van der Waals surface area (Å²) in [6.45, 7) is 5.88. The smallest absolute Gasteiger partial charge is 0.242 e. The number of hydrogen-bond donors (Lipinski definition) is 2. The minimum absolute atomic E-state index is 0.0198. The molecule has 0 saturated carbocycles. The van der Waals surface area contributed by atoms with Gasteiger partial charge >= 0.3 is 0 Å². The van der Waals surface area contributed by atoms with Crippen LogP contribution in [0.4, 0.5) is 0 Å². The minimum Gasteiger partial charge on any atom is -0.497 e. The number of benzene rings is 1. The molecule has 0 spiro atoms. The van der Waals surface area contributed by atoms with Crippen molar-refractivity contribution in [3.63, 3.8) is 0 Å². The molecule has 6 heteroatoms. The lowest BCUT2D eigenvalue weighted by atomic mass is 10.0. The summed E-state index contributed by atoms with van der Waals surface area (Å²) in [6, 6.07) is 6.68. The van der Waals surface area contributed by atoms with Crippen LogP contribution >= 0.6 is 0 Å². The largest absolute Gasteiger partial charge is 0.497 e. The Bertz CT molecular complexity index is 485. The van der Waals surface area contributed by atoms with Crippen molar-refractivity contribution < 1.29 is 19.1 Å². The highest BCUT2D eigenvalue weighted by atomic mass is 16.5. The highest BCUT2D eigenvalue weighted by Crippen LogP contribution is 2.16. The number of hydrogen-bond acceptors (Lipinski definition) is 4. The fourth-order valence-corrected chi connectivity index (χ4v) is 1.88. The molecule has 0 bridgehead atoms. The first-order valence-corrected chi connectivity index (χ1v) is 7.25. The van der Waals surface area contributed by atoms with Gasteiger partial charge in [0.2, 0.25) is 11.8 Å². The molecule has 1 atom stereocenters. The molecule has 0 heterocycles. The molecule has 0 unspecified atom stereocenters. The summed E-state index contributed by atoms with van der Waals surface area (Å²) in [5, 5.41) is 5.40. The predicted octanol–water partition coefficient (Wildman–Crippen LogP) is 1.35. The fourth-order valence-electron chi connectivity index (χ4n) is 1.88. The third-order valence-corrected chi connectivity index (χ3v) is 3.04. The average molecular weight is 308 g/mol. The fraction of sp³-hybridized carbons (Fsp3) is 0.500. The molecule has 0 aliphatic rings. The van der Waals surface area contributed by atoms with Crippen LogP contribution < -0.4 is 20.1 Å². The summed E-state index contributed by atoms with van der Waals surface area (Å²) >= 11 is 0. The van der Waals surface area contributed by atoms with Crippen molar-refractivity contribution in [2.24, 2.45) is 5.92 Å². The standard InChI is InChI=1S/C16H24N2O4/c1-11(2)15(18-12(3)19)16(20)17-9-10-22-14-7-5-13(21-4)6-8-14/h5-8,11,15H,9-10H2,1-4H3,(H,17,20)(H,18,19)/t15-/m1/s1.